The van der Waals surface area contributed by atoms with Crippen molar-refractivity contribution in [1.29, 1.82) is 0 Å². The Kier molecular flexibility index (Phi) is 5.49. The predicted octanol–water partition coefficient (Wildman–Crippen LogP) is 1.66. The lowest BCUT2D eigenvalue weighted by Crippen LogP contribution is -2.43. The Labute approximate surface area is 127 Å². The molecule has 0 aromatic heterocycles. The molecule has 7 heteroatoms. The van der Waals surface area contributed by atoms with E-state index in [1.807, 2.05) is 0 Å². The first kappa shape index (κ1) is 14.9. The van der Waals surface area contributed by atoms with Gasteiger partial charge in [-0.3, -0.25) is 9.79 Å². The van der Waals surface area contributed by atoms with Crippen molar-refractivity contribution in [3.63, 3.8) is 0 Å². The molecule has 0 saturated carbocycles. The molecule has 1 aromatic carbocycles. The van der Waals surface area contributed by atoms with E-state index in [2.05, 4.69) is 20.9 Å². The molecule has 1 aromatic rings. The summed E-state index contributed by atoms with van der Waals surface area (Å²) in [5, 5.41) is 9.88. The van der Waals surface area contributed by atoms with Crippen molar-refractivity contribution < 1.29 is 4.79 Å². The molecular formula is C13H16Cl2N4O. The van der Waals surface area contributed by atoms with Crippen LogP contribution in [0.1, 0.15) is 16.8 Å². The van der Waals surface area contributed by atoms with Gasteiger partial charge in [-0.15, -0.1) is 0 Å². The number of amides is 1. The van der Waals surface area contributed by atoms with Crippen molar-refractivity contribution in [3.8, 4) is 0 Å². The van der Waals surface area contributed by atoms with Crippen LogP contribution in [-0.2, 0) is 0 Å². The maximum atomic E-state index is 11.9. The molecule has 0 fully saturated rings. The van der Waals surface area contributed by atoms with Crippen LogP contribution in [-0.4, -0.2) is 38.0 Å². The summed E-state index contributed by atoms with van der Waals surface area (Å²) >= 11 is 11.7. The second-order valence-corrected chi connectivity index (χ2v) is 5.14. The maximum Gasteiger partial charge on any atom is 0.251 e. The molecule has 0 spiro atoms. The fraction of sp³-hybridized carbons (Fsp3) is 0.385. The highest BCUT2D eigenvalue weighted by molar-refractivity contribution is 6.42. The number of hydrogen-bond acceptors (Lipinski definition) is 4. The first-order chi connectivity index (χ1) is 9.66. The molecule has 5 nitrogen and oxygen atoms in total. The van der Waals surface area contributed by atoms with E-state index in [1.54, 1.807) is 18.2 Å². The number of rotatable bonds is 4. The Balaban J connectivity index is 1.74. The van der Waals surface area contributed by atoms with Crippen molar-refractivity contribution >= 4 is 35.1 Å². The lowest BCUT2D eigenvalue weighted by Gasteiger charge is -2.16. The molecule has 2 rings (SSSR count). The summed E-state index contributed by atoms with van der Waals surface area (Å²) < 4.78 is 0. The van der Waals surface area contributed by atoms with E-state index in [9.17, 15) is 4.79 Å². The zero-order chi connectivity index (χ0) is 14.4. The van der Waals surface area contributed by atoms with Gasteiger partial charge < -0.3 is 16.0 Å². The molecule has 1 heterocycles. The van der Waals surface area contributed by atoms with E-state index < -0.39 is 0 Å². The number of benzene rings is 1. The Hall–Kier alpha value is -1.46. The lowest BCUT2D eigenvalue weighted by atomic mass is 10.2. The Morgan fingerprint density at radius 3 is 2.85 bits per heavy atom. The molecule has 20 heavy (non-hydrogen) atoms. The van der Waals surface area contributed by atoms with Crippen LogP contribution in [0.3, 0.4) is 0 Å². The summed E-state index contributed by atoms with van der Waals surface area (Å²) in [5.74, 6) is 0.615. The van der Waals surface area contributed by atoms with Crippen LogP contribution in [0.15, 0.2) is 23.2 Å². The number of halogens is 2. The largest absolute Gasteiger partial charge is 0.356 e. The minimum atomic E-state index is -0.177. The van der Waals surface area contributed by atoms with E-state index in [0.29, 0.717) is 28.7 Å². The zero-order valence-electron chi connectivity index (χ0n) is 10.9. The highest BCUT2D eigenvalue weighted by atomic mass is 35.5. The first-order valence-corrected chi connectivity index (χ1v) is 7.18. The first-order valence-electron chi connectivity index (χ1n) is 6.42. The summed E-state index contributed by atoms with van der Waals surface area (Å²) in [6.07, 6.45) is 1.05. The molecule has 0 atom stereocenters. The van der Waals surface area contributed by atoms with Crippen LogP contribution in [0.25, 0.3) is 0 Å². The number of nitrogens with one attached hydrogen (secondary N) is 3. The average molecular weight is 315 g/mol. The van der Waals surface area contributed by atoms with Gasteiger partial charge in [0.2, 0.25) is 0 Å². The fourth-order valence-electron chi connectivity index (χ4n) is 1.75. The Morgan fingerprint density at radius 1 is 1.30 bits per heavy atom. The van der Waals surface area contributed by atoms with Gasteiger partial charge in [-0.1, -0.05) is 23.2 Å². The second kappa shape index (κ2) is 7.36. The summed E-state index contributed by atoms with van der Waals surface area (Å²) in [6.45, 7) is 2.88. The fourth-order valence-corrected chi connectivity index (χ4v) is 2.05. The smallest absolute Gasteiger partial charge is 0.251 e. The predicted molar refractivity (Wildman–Crippen MR) is 81.7 cm³/mol. The monoisotopic (exact) mass is 314 g/mol. The Bertz CT molecular complexity index is 519. The van der Waals surface area contributed by atoms with Crippen LogP contribution in [0, 0.1) is 0 Å². The van der Waals surface area contributed by atoms with Crippen molar-refractivity contribution in [2.45, 2.75) is 6.42 Å². The molecule has 1 aliphatic heterocycles. The van der Waals surface area contributed by atoms with Gasteiger partial charge in [-0.05, 0) is 24.6 Å². The maximum absolute atomic E-state index is 11.9. The van der Waals surface area contributed by atoms with Gasteiger partial charge in [0.1, 0.15) is 0 Å². The van der Waals surface area contributed by atoms with E-state index >= 15 is 0 Å². The van der Waals surface area contributed by atoms with Gasteiger partial charge in [-0.2, -0.15) is 0 Å². The number of hydrogen-bond donors (Lipinski definition) is 3. The van der Waals surface area contributed by atoms with E-state index in [1.165, 1.54) is 0 Å². The van der Waals surface area contributed by atoms with Crippen molar-refractivity contribution in [3.05, 3.63) is 33.8 Å². The van der Waals surface area contributed by atoms with Crippen LogP contribution in [0.5, 0.6) is 0 Å². The standard InChI is InChI=1S/C13H16Cl2N4O/c14-10-3-2-9(8-11(10)15)12(20)16-6-7-19-13-17-4-1-5-18-13/h2-3,8H,1,4-7H2,(H,16,20)(H2,17,18,19). The normalized spacial score (nSPS) is 14.2. The molecule has 3 N–H and O–H groups in total. The van der Waals surface area contributed by atoms with Gasteiger partial charge in [0.15, 0.2) is 5.96 Å². The Morgan fingerprint density at radius 2 is 2.15 bits per heavy atom. The number of nitrogens with zero attached hydrogens (tertiary/aromatic N) is 1. The van der Waals surface area contributed by atoms with Gasteiger partial charge in [0, 0.05) is 31.7 Å². The van der Waals surface area contributed by atoms with Crippen LogP contribution >= 0.6 is 23.2 Å². The van der Waals surface area contributed by atoms with Crippen molar-refractivity contribution in [2.75, 3.05) is 26.2 Å². The molecule has 1 aliphatic rings. The van der Waals surface area contributed by atoms with Gasteiger partial charge in [-0.25, -0.2) is 0 Å². The number of guanidine groups is 1. The molecule has 108 valence electrons. The summed E-state index contributed by atoms with van der Waals surface area (Å²) in [6, 6.07) is 4.81. The minimum Gasteiger partial charge on any atom is -0.356 e. The molecule has 0 unspecified atom stereocenters. The summed E-state index contributed by atoms with van der Waals surface area (Å²) in [7, 11) is 0. The minimum absolute atomic E-state index is 0.177. The third-order valence-electron chi connectivity index (χ3n) is 2.78. The molecule has 0 bridgehead atoms. The SMILES string of the molecule is O=C(NCCNC1=NCCCN1)c1ccc(Cl)c(Cl)c1. The quantitative estimate of drug-likeness (QED) is 0.741. The molecule has 0 saturated heterocycles. The third kappa shape index (κ3) is 4.28. The van der Waals surface area contributed by atoms with Crippen molar-refractivity contribution in [2.24, 2.45) is 4.99 Å². The number of carbonyl (C=O) groups excluding carboxylic acids is 1. The highest BCUT2D eigenvalue weighted by Gasteiger charge is 2.08. The molecule has 1 amide bonds. The van der Waals surface area contributed by atoms with Crippen LogP contribution in [0.2, 0.25) is 10.0 Å². The third-order valence-corrected chi connectivity index (χ3v) is 3.52. The average Bonchev–Trinajstić information content (AvgIpc) is 2.47. The topological polar surface area (TPSA) is 65.5 Å². The van der Waals surface area contributed by atoms with E-state index in [0.717, 1.165) is 25.5 Å². The van der Waals surface area contributed by atoms with Gasteiger partial charge in [0.05, 0.1) is 10.0 Å². The summed E-state index contributed by atoms with van der Waals surface area (Å²) in [4.78, 5) is 16.1. The van der Waals surface area contributed by atoms with Gasteiger partial charge in [0.25, 0.3) is 5.91 Å². The van der Waals surface area contributed by atoms with Crippen molar-refractivity contribution in [1.82, 2.24) is 16.0 Å². The second-order valence-electron chi connectivity index (χ2n) is 4.32. The van der Waals surface area contributed by atoms with E-state index in [-0.39, 0.29) is 5.91 Å². The molecule has 0 radical (unpaired) electrons. The number of carbonyl (C=O) groups is 1. The van der Waals surface area contributed by atoms with Crippen LogP contribution < -0.4 is 16.0 Å². The molecule has 0 aliphatic carbocycles. The van der Waals surface area contributed by atoms with Crippen LogP contribution in [0.4, 0.5) is 0 Å². The summed E-state index contributed by atoms with van der Waals surface area (Å²) in [5.41, 5.74) is 0.493. The number of aliphatic imine (C=N–C) groups is 1. The molecular weight excluding hydrogens is 299 g/mol. The zero-order valence-corrected chi connectivity index (χ0v) is 12.4. The lowest BCUT2D eigenvalue weighted by molar-refractivity contribution is 0.0954. The highest BCUT2D eigenvalue weighted by Crippen LogP contribution is 2.22. The van der Waals surface area contributed by atoms with E-state index in [4.69, 9.17) is 23.2 Å². The van der Waals surface area contributed by atoms with Gasteiger partial charge >= 0.3 is 0 Å².